The fourth-order valence-corrected chi connectivity index (χ4v) is 3.92. The van der Waals surface area contributed by atoms with Crippen LogP contribution < -0.4 is 10.1 Å². The number of carbonyl (C=O) groups excluding carboxylic acids is 1. The van der Waals surface area contributed by atoms with Gasteiger partial charge in [0.05, 0.1) is 28.0 Å². The second-order valence-corrected chi connectivity index (χ2v) is 7.41. The number of amides is 1. The minimum absolute atomic E-state index is 0.169. The van der Waals surface area contributed by atoms with Gasteiger partial charge >= 0.3 is 0 Å². The molecule has 1 aliphatic heterocycles. The van der Waals surface area contributed by atoms with Crippen LogP contribution in [0.3, 0.4) is 0 Å². The second-order valence-electron chi connectivity index (χ2n) is 5.85. The molecule has 0 saturated heterocycles. The van der Waals surface area contributed by atoms with E-state index < -0.39 is 0 Å². The molecule has 0 spiro atoms. The molecule has 0 bridgehead atoms. The molecule has 0 fully saturated rings. The van der Waals surface area contributed by atoms with Crippen LogP contribution in [0, 0.1) is 0 Å². The Morgan fingerprint density at radius 3 is 3.20 bits per heavy atom. The van der Waals surface area contributed by atoms with Gasteiger partial charge in [-0.3, -0.25) is 4.79 Å². The predicted molar refractivity (Wildman–Crippen MR) is 98.7 cm³/mol. The molecule has 0 radical (unpaired) electrons. The fraction of sp³-hybridized carbons (Fsp3) is 0.278. The van der Waals surface area contributed by atoms with Crippen LogP contribution in [0.2, 0.25) is 5.02 Å². The number of benzene rings is 1. The molecule has 0 unspecified atom stereocenters. The summed E-state index contributed by atoms with van der Waals surface area (Å²) in [4.78, 5) is 21.0. The SMILES string of the molecule is O=C(NCCc1nc2cc(Cl)ccc2s1)c1cc2c(cn1)OCCC2. The summed E-state index contributed by atoms with van der Waals surface area (Å²) in [5.74, 6) is 0.619. The van der Waals surface area contributed by atoms with E-state index in [1.165, 1.54) is 0 Å². The van der Waals surface area contributed by atoms with Crippen molar-refractivity contribution < 1.29 is 9.53 Å². The second kappa shape index (κ2) is 6.98. The summed E-state index contributed by atoms with van der Waals surface area (Å²) >= 11 is 7.60. The Balaban J connectivity index is 1.38. The van der Waals surface area contributed by atoms with Gasteiger partial charge < -0.3 is 10.1 Å². The number of ether oxygens (including phenoxy) is 1. The highest BCUT2D eigenvalue weighted by molar-refractivity contribution is 7.18. The molecule has 1 aromatic carbocycles. The van der Waals surface area contributed by atoms with Crippen molar-refractivity contribution in [2.24, 2.45) is 0 Å². The molecule has 3 aromatic rings. The number of hydrogen-bond donors (Lipinski definition) is 1. The van der Waals surface area contributed by atoms with E-state index in [1.807, 2.05) is 24.3 Å². The molecule has 0 saturated carbocycles. The molecule has 7 heteroatoms. The lowest BCUT2D eigenvalue weighted by Gasteiger charge is -2.16. The first-order valence-corrected chi connectivity index (χ1v) is 9.33. The van der Waals surface area contributed by atoms with Crippen LogP contribution in [0.4, 0.5) is 0 Å². The van der Waals surface area contributed by atoms with Crippen LogP contribution >= 0.6 is 22.9 Å². The van der Waals surface area contributed by atoms with Crippen molar-refractivity contribution in [1.82, 2.24) is 15.3 Å². The number of nitrogens with one attached hydrogen (secondary N) is 1. The van der Waals surface area contributed by atoms with Gasteiger partial charge in [0.15, 0.2) is 0 Å². The van der Waals surface area contributed by atoms with Crippen LogP contribution in [0.15, 0.2) is 30.5 Å². The zero-order chi connectivity index (χ0) is 17.2. The van der Waals surface area contributed by atoms with Gasteiger partial charge in [-0.1, -0.05) is 11.6 Å². The van der Waals surface area contributed by atoms with E-state index in [0.717, 1.165) is 39.4 Å². The van der Waals surface area contributed by atoms with Crippen molar-refractivity contribution in [2.45, 2.75) is 19.3 Å². The number of carbonyl (C=O) groups is 1. The summed E-state index contributed by atoms with van der Waals surface area (Å²) in [7, 11) is 0. The number of hydrogen-bond acceptors (Lipinski definition) is 5. The number of thiazole rings is 1. The van der Waals surface area contributed by atoms with Crippen molar-refractivity contribution >= 4 is 39.1 Å². The monoisotopic (exact) mass is 373 g/mol. The Morgan fingerprint density at radius 2 is 2.28 bits per heavy atom. The molecular formula is C18H16ClN3O2S. The minimum Gasteiger partial charge on any atom is -0.492 e. The first kappa shape index (κ1) is 16.3. The van der Waals surface area contributed by atoms with Gasteiger partial charge in [-0.05, 0) is 42.7 Å². The molecule has 25 heavy (non-hydrogen) atoms. The van der Waals surface area contributed by atoms with Gasteiger partial charge in [0.2, 0.25) is 0 Å². The Morgan fingerprint density at radius 1 is 1.36 bits per heavy atom. The summed E-state index contributed by atoms with van der Waals surface area (Å²) in [5, 5.41) is 4.57. The Hall–Kier alpha value is -2.18. The number of rotatable bonds is 4. The molecule has 4 rings (SSSR count). The van der Waals surface area contributed by atoms with E-state index in [-0.39, 0.29) is 5.91 Å². The van der Waals surface area contributed by atoms with E-state index >= 15 is 0 Å². The number of pyridine rings is 1. The van der Waals surface area contributed by atoms with Crippen molar-refractivity contribution in [2.75, 3.05) is 13.2 Å². The maximum atomic E-state index is 12.3. The molecule has 2 aromatic heterocycles. The summed E-state index contributed by atoms with van der Waals surface area (Å²) in [5.41, 5.74) is 2.38. The Kier molecular flexibility index (Phi) is 4.55. The standard InChI is InChI=1S/C18H16ClN3O2S/c19-12-3-4-16-13(9-12)22-17(25-16)5-6-20-18(23)14-8-11-2-1-7-24-15(11)10-21-14/h3-4,8-10H,1-2,5-7H2,(H,20,23). The van der Waals surface area contributed by atoms with E-state index in [4.69, 9.17) is 16.3 Å². The summed E-state index contributed by atoms with van der Waals surface area (Å²) < 4.78 is 6.62. The van der Waals surface area contributed by atoms with Crippen molar-refractivity contribution in [3.63, 3.8) is 0 Å². The average molecular weight is 374 g/mol. The zero-order valence-corrected chi connectivity index (χ0v) is 15.0. The lowest BCUT2D eigenvalue weighted by atomic mass is 10.1. The van der Waals surface area contributed by atoms with Gasteiger partial charge in [-0.15, -0.1) is 11.3 Å². The van der Waals surface area contributed by atoms with E-state index in [2.05, 4.69) is 15.3 Å². The van der Waals surface area contributed by atoms with E-state index in [0.29, 0.717) is 30.3 Å². The summed E-state index contributed by atoms with van der Waals surface area (Å²) in [6.07, 6.45) is 4.21. The Labute approximate surface area is 154 Å². The molecule has 3 heterocycles. The van der Waals surface area contributed by atoms with Gasteiger partial charge in [0, 0.05) is 18.0 Å². The number of halogens is 1. The maximum Gasteiger partial charge on any atom is 0.269 e. The summed E-state index contributed by atoms with van der Waals surface area (Å²) in [6, 6.07) is 7.51. The van der Waals surface area contributed by atoms with Crippen LogP contribution in [0.25, 0.3) is 10.2 Å². The number of aromatic nitrogens is 2. The smallest absolute Gasteiger partial charge is 0.269 e. The third-order valence-electron chi connectivity index (χ3n) is 4.05. The highest BCUT2D eigenvalue weighted by atomic mass is 35.5. The molecule has 1 amide bonds. The molecule has 1 N–H and O–H groups in total. The molecule has 128 valence electrons. The van der Waals surface area contributed by atoms with E-state index in [9.17, 15) is 4.79 Å². The number of fused-ring (bicyclic) bond motifs is 2. The normalized spacial score (nSPS) is 13.3. The lowest BCUT2D eigenvalue weighted by Crippen LogP contribution is -2.27. The van der Waals surface area contributed by atoms with Crippen LogP contribution in [0.1, 0.15) is 27.5 Å². The third-order valence-corrected chi connectivity index (χ3v) is 5.38. The summed E-state index contributed by atoms with van der Waals surface area (Å²) in [6.45, 7) is 1.23. The van der Waals surface area contributed by atoms with Gasteiger partial charge in [0.25, 0.3) is 5.91 Å². The van der Waals surface area contributed by atoms with Crippen LogP contribution in [0.5, 0.6) is 5.75 Å². The number of aryl methyl sites for hydroxylation is 1. The highest BCUT2D eigenvalue weighted by Crippen LogP contribution is 2.25. The first-order chi connectivity index (χ1) is 12.2. The number of nitrogens with zero attached hydrogens (tertiary/aromatic N) is 2. The highest BCUT2D eigenvalue weighted by Gasteiger charge is 2.15. The van der Waals surface area contributed by atoms with Gasteiger partial charge in [0.1, 0.15) is 11.4 Å². The largest absolute Gasteiger partial charge is 0.492 e. The topological polar surface area (TPSA) is 64.1 Å². The van der Waals surface area contributed by atoms with Crippen molar-refractivity contribution in [3.05, 3.63) is 51.7 Å². The van der Waals surface area contributed by atoms with Crippen molar-refractivity contribution in [3.8, 4) is 5.75 Å². The molecule has 0 aliphatic carbocycles. The quantitative estimate of drug-likeness (QED) is 0.758. The third kappa shape index (κ3) is 3.60. The maximum absolute atomic E-state index is 12.3. The first-order valence-electron chi connectivity index (χ1n) is 8.14. The van der Waals surface area contributed by atoms with Crippen LogP contribution in [-0.4, -0.2) is 29.0 Å². The molecular weight excluding hydrogens is 358 g/mol. The predicted octanol–water partition coefficient (Wildman–Crippen LogP) is 3.64. The van der Waals surface area contributed by atoms with E-state index in [1.54, 1.807) is 17.5 Å². The van der Waals surface area contributed by atoms with Gasteiger partial charge in [-0.25, -0.2) is 9.97 Å². The molecule has 1 aliphatic rings. The lowest BCUT2D eigenvalue weighted by molar-refractivity contribution is 0.0949. The molecule has 0 atom stereocenters. The molecule has 5 nitrogen and oxygen atoms in total. The van der Waals surface area contributed by atoms with Crippen LogP contribution in [-0.2, 0) is 12.8 Å². The van der Waals surface area contributed by atoms with Gasteiger partial charge in [-0.2, -0.15) is 0 Å². The van der Waals surface area contributed by atoms with Crippen molar-refractivity contribution in [1.29, 1.82) is 0 Å². The zero-order valence-electron chi connectivity index (χ0n) is 13.4. The average Bonchev–Trinajstić information content (AvgIpc) is 3.03. The minimum atomic E-state index is -0.169. The Bertz CT molecular complexity index is 941. The fourth-order valence-electron chi connectivity index (χ4n) is 2.81.